The fraction of sp³-hybridized carbons (Fsp3) is 0.188. The second kappa shape index (κ2) is 5.57. The van der Waals surface area contributed by atoms with Gasteiger partial charge in [0.05, 0.1) is 0 Å². The average Bonchev–Trinajstić information content (AvgIpc) is 2.37. The number of rotatable bonds is 2. The van der Waals surface area contributed by atoms with Gasteiger partial charge in [0.1, 0.15) is 0 Å². The van der Waals surface area contributed by atoms with E-state index in [1.165, 1.54) is 0 Å². The molecule has 0 bridgehead atoms. The number of carbonyl (C=O) groups is 1. The van der Waals surface area contributed by atoms with Gasteiger partial charge in [0, 0.05) is 15.7 Å². The smallest absolute Gasteiger partial charge is 0.255 e. The molecule has 0 aliphatic heterocycles. The lowest BCUT2D eigenvalue weighted by atomic mass is 10.1. The van der Waals surface area contributed by atoms with Crippen LogP contribution in [0, 0.1) is 20.8 Å². The lowest BCUT2D eigenvalue weighted by molar-refractivity contribution is 0.102. The predicted octanol–water partition coefficient (Wildman–Crippen LogP) is 4.63. The third-order valence-corrected chi connectivity index (χ3v) is 3.95. The zero-order valence-electron chi connectivity index (χ0n) is 11.3. The van der Waals surface area contributed by atoms with Crippen LogP contribution in [-0.2, 0) is 0 Å². The molecule has 0 aromatic heterocycles. The maximum absolute atomic E-state index is 12.2. The normalized spacial score (nSPS) is 10.3. The van der Waals surface area contributed by atoms with Gasteiger partial charge >= 0.3 is 0 Å². The first-order chi connectivity index (χ1) is 8.97. The maximum Gasteiger partial charge on any atom is 0.255 e. The quantitative estimate of drug-likeness (QED) is 0.859. The topological polar surface area (TPSA) is 29.1 Å². The molecule has 0 fully saturated rings. The number of nitrogens with one attached hydrogen (secondary N) is 1. The van der Waals surface area contributed by atoms with E-state index in [0.29, 0.717) is 5.56 Å². The van der Waals surface area contributed by atoms with Gasteiger partial charge in [0.25, 0.3) is 5.91 Å². The zero-order valence-corrected chi connectivity index (χ0v) is 12.8. The molecule has 1 N–H and O–H groups in total. The summed E-state index contributed by atoms with van der Waals surface area (Å²) in [6.45, 7) is 5.97. The lowest BCUT2D eigenvalue weighted by Crippen LogP contribution is -2.13. The summed E-state index contributed by atoms with van der Waals surface area (Å²) in [7, 11) is 0. The molecule has 2 aromatic rings. The van der Waals surface area contributed by atoms with Gasteiger partial charge in [-0.2, -0.15) is 0 Å². The van der Waals surface area contributed by atoms with Crippen LogP contribution in [0.5, 0.6) is 0 Å². The van der Waals surface area contributed by atoms with Gasteiger partial charge in [0.15, 0.2) is 0 Å². The van der Waals surface area contributed by atoms with Crippen LogP contribution in [0.15, 0.2) is 40.9 Å². The molecule has 0 spiro atoms. The molecule has 0 saturated carbocycles. The molecule has 2 aromatic carbocycles. The van der Waals surface area contributed by atoms with E-state index in [-0.39, 0.29) is 5.91 Å². The monoisotopic (exact) mass is 317 g/mol. The van der Waals surface area contributed by atoms with Gasteiger partial charge in [-0.1, -0.05) is 28.1 Å². The number of hydrogen-bond acceptors (Lipinski definition) is 1. The van der Waals surface area contributed by atoms with Crippen molar-refractivity contribution in [3.63, 3.8) is 0 Å². The molecule has 2 nitrogen and oxygen atoms in total. The van der Waals surface area contributed by atoms with Crippen molar-refractivity contribution in [2.24, 2.45) is 0 Å². The van der Waals surface area contributed by atoms with E-state index in [2.05, 4.69) is 21.2 Å². The second-order valence-electron chi connectivity index (χ2n) is 4.74. The molecule has 0 aliphatic carbocycles. The van der Waals surface area contributed by atoms with E-state index < -0.39 is 0 Å². The summed E-state index contributed by atoms with van der Waals surface area (Å²) in [6, 6.07) is 11.6. The van der Waals surface area contributed by atoms with E-state index in [4.69, 9.17) is 0 Å². The number of amides is 1. The summed E-state index contributed by atoms with van der Waals surface area (Å²) in [5.41, 5.74) is 4.78. The minimum atomic E-state index is -0.0794. The number of carbonyl (C=O) groups excluding carboxylic acids is 1. The van der Waals surface area contributed by atoms with Crippen molar-refractivity contribution in [1.29, 1.82) is 0 Å². The maximum atomic E-state index is 12.2. The van der Waals surface area contributed by atoms with Gasteiger partial charge in [-0.15, -0.1) is 0 Å². The Morgan fingerprint density at radius 3 is 2.42 bits per heavy atom. The molecule has 3 heteroatoms. The highest BCUT2D eigenvalue weighted by molar-refractivity contribution is 9.10. The fourth-order valence-electron chi connectivity index (χ4n) is 1.85. The highest BCUT2D eigenvalue weighted by atomic mass is 79.9. The number of anilines is 1. The molecule has 0 saturated heterocycles. The summed E-state index contributed by atoms with van der Waals surface area (Å²) in [5.74, 6) is -0.0794. The second-order valence-corrected chi connectivity index (χ2v) is 5.59. The standard InChI is InChI=1S/C16H16BrNO/c1-10-4-5-11(2)15(8-10)18-16(19)13-6-7-14(17)12(3)9-13/h4-9H,1-3H3,(H,18,19). The van der Waals surface area contributed by atoms with Crippen molar-refractivity contribution in [1.82, 2.24) is 0 Å². The Labute approximate surface area is 122 Å². The number of benzene rings is 2. The summed E-state index contributed by atoms with van der Waals surface area (Å²) < 4.78 is 1.01. The summed E-state index contributed by atoms with van der Waals surface area (Å²) in [6.07, 6.45) is 0. The molecular weight excluding hydrogens is 302 g/mol. The van der Waals surface area contributed by atoms with Crippen LogP contribution < -0.4 is 5.32 Å². The van der Waals surface area contributed by atoms with Gasteiger partial charge in [0.2, 0.25) is 0 Å². The minimum Gasteiger partial charge on any atom is -0.322 e. The highest BCUT2D eigenvalue weighted by Crippen LogP contribution is 2.20. The van der Waals surface area contributed by atoms with Crippen molar-refractivity contribution in [3.8, 4) is 0 Å². The van der Waals surface area contributed by atoms with Crippen LogP contribution >= 0.6 is 15.9 Å². The molecular formula is C16H16BrNO. The Morgan fingerprint density at radius 1 is 1.00 bits per heavy atom. The first kappa shape index (κ1) is 13.8. The molecule has 0 unspecified atom stereocenters. The van der Waals surface area contributed by atoms with Crippen LogP contribution in [0.3, 0.4) is 0 Å². The lowest BCUT2D eigenvalue weighted by Gasteiger charge is -2.10. The molecule has 0 aliphatic rings. The molecule has 0 atom stereocenters. The number of halogens is 1. The van der Waals surface area contributed by atoms with E-state index in [9.17, 15) is 4.79 Å². The van der Waals surface area contributed by atoms with Gasteiger partial charge in [-0.25, -0.2) is 0 Å². The van der Waals surface area contributed by atoms with Crippen molar-refractivity contribution in [2.75, 3.05) is 5.32 Å². The molecule has 2 rings (SSSR count). The summed E-state index contributed by atoms with van der Waals surface area (Å²) in [4.78, 5) is 12.2. The average molecular weight is 318 g/mol. The first-order valence-corrected chi connectivity index (χ1v) is 6.91. The zero-order chi connectivity index (χ0) is 14.0. The predicted molar refractivity (Wildman–Crippen MR) is 82.7 cm³/mol. The minimum absolute atomic E-state index is 0.0794. The van der Waals surface area contributed by atoms with Crippen LogP contribution in [0.25, 0.3) is 0 Å². The van der Waals surface area contributed by atoms with E-state index in [1.807, 2.05) is 57.2 Å². The van der Waals surface area contributed by atoms with Crippen LogP contribution in [0.1, 0.15) is 27.0 Å². The van der Waals surface area contributed by atoms with Crippen LogP contribution in [-0.4, -0.2) is 5.91 Å². The van der Waals surface area contributed by atoms with E-state index >= 15 is 0 Å². The molecule has 98 valence electrons. The Kier molecular flexibility index (Phi) is 4.05. The van der Waals surface area contributed by atoms with Gasteiger partial charge < -0.3 is 5.32 Å². The Balaban J connectivity index is 2.25. The SMILES string of the molecule is Cc1ccc(C)c(NC(=O)c2ccc(Br)c(C)c2)c1. The van der Waals surface area contributed by atoms with Crippen LogP contribution in [0.4, 0.5) is 5.69 Å². The summed E-state index contributed by atoms with van der Waals surface area (Å²) in [5, 5.41) is 2.96. The third kappa shape index (κ3) is 3.24. The third-order valence-electron chi connectivity index (χ3n) is 3.06. The number of aryl methyl sites for hydroxylation is 3. The van der Waals surface area contributed by atoms with Gasteiger partial charge in [-0.3, -0.25) is 4.79 Å². The molecule has 0 heterocycles. The number of hydrogen-bond donors (Lipinski definition) is 1. The van der Waals surface area contributed by atoms with Crippen molar-refractivity contribution in [3.05, 3.63) is 63.1 Å². The van der Waals surface area contributed by atoms with Crippen molar-refractivity contribution >= 4 is 27.5 Å². The Hall–Kier alpha value is -1.61. The Morgan fingerprint density at radius 2 is 1.74 bits per heavy atom. The highest BCUT2D eigenvalue weighted by Gasteiger charge is 2.09. The van der Waals surface area contributed by atoms with E-state index in [1.54, 1.807) is 0 Å². The first-order valence-electron chi connectivity index (χ1n) is 6.12. The molecule has 1 amide bonds. The van der Waals surface area contributed by atoms with Gasteiger partial charge in [-0.05, 0) is 61.7 Å². The Bertz CT molecular complexity index is 635. The molecule has 19 heavy (non-hydrogen) atoms. The molecule has 0 radical (unpaired) electrons. The van der Waals surface area contributed by atoms with Crippen molar-refractivity contribution < 1.29 is 4.79 Å². The van der Waals surface area contributed by atoms with E-state index in [0.717, 1.165) is 26.9 Å². The summed E-state index contributed by atoms with van der Waals surface area (Å²) >= 11 is 3.43. The largest absolute Gasteiger partial charge is 0.322 e. The van der Waals surface area contributed by atoms with Crippen LogP contribution in [0.2, 0.25) is 0 Å². The van der Waals surface area contributed by atoms with Crippen molar-refractivity contribution in [2.45, 2.75) is 20.8 Å². The fourth-order valence-corrected chi connectivity index (χ4v) is 2.10.